The number of carbonyl (C=O) groups is 1. The number of nitro groups is 1. The van der Waals surface area contributed by atoms with Gasteiger partial charge in [0.15, 0.2) is 5.69 Å². The molecule has 0 radical (unpaired) electrons. The van der Waals surface area contributed by atoms with E-state index in [4.69, 9.17) is 0 Å². The summed E-state index contributed by atoms with van der Waals surface area (Å²) in [5.41, 5.74) is 0.845. The Balaban J connectivity index is 2.30. The molecule has 0 saturated carbocycles. The summed E-state index contributed by atoms with van der Waals surface area (Å²) in [4.78, 5) is 22.9. The number of hydrogen-bond donors (Lipinski definition) is 1. The number of nitrogens with one attached hydrogen (secondary N) is 1. The first-order chi connectivity index (χ1) is 11.2. The highest BCUT2D eigenvalue weighted by Gasteiger charge is 2.24. The number of nitro benzene ring substituents is 1. The fraction of sp³-hybridized carbons (Fsp3) is 0.438. The molecule has 0 aliphatic heterocycles. The minimum absolute atomic E-state index is 0.0440. The van der Waals surface area contributed by atoms with E-state index < -0.39 is 4.92 Å². The highest BCUT2D eigenvalue weighted by Crippen LogP contribution is 2.19. The summed E-state index contributed by atoms with van der Waals surface area (Å²) in [5, 5.41) is 21.8. The fourth-order valence-electron chi connectivity index (χ4n) is 2.58. The van der Waals surface area contributed by atoms with Crippen LogP contribution in [0.1, 0.15) is 49.8 Å². The van der Waals surface area contributed by atoms with Crippen molar-refractivity contribution in [2.75, 3.05) is 0 Å². The van der Waals surface area contributed by atoms with Crippen LogP contribution in [0.5, 0.6) is 0 Å². The van der Waals surface area contributed by atoms with Crippen LogP contribution >= 0.6 is 0 Å². The first kappa shape index (κ1) is 17.6. The van der Waals surface area contributed by atoms with E-state index in [1.807, 2.05) is 13.8 Å². The monoisotopic (exact) mass is 331 g/mol. The van der Waals surface area contributed by atoms with Crippen molar-refractivity contribution >= 4 is 11.6 Å². The van der Waals surface area contributed by atoms with E-state index in [0.29, 0.717) is 11.4 Å². The Hall–Kier alpha value is -2.77. The molecule has 0 aliphatic carbocycles. The van der Waals surface area contributed by atoms with Gasteiger partial charge in [-0.3, -0.25) is 14.9 Å². The molecular formula is C16H21N5O3. The van der Waals surface area contributed by atoms with E-state index in [2.05, 4.69) is 22.6 Å². The van der Waals surface area contributed by atoms with Crippen LogP contribution in [0.2, 0.25) is 0 Å². The fourth-order valence-corrected chi connectivity index (χ4v) is 2.58. The highest BCUT2D eigenvalue weighted by molar-refractivity contribution is 5.93. The van der Waals surface area contributed by atoms with Gasteiger partial charge in [-0.05, 0) is 33.3 Å². The van der Waals surface area contributed by atoms with Gasteiger partial charge in [0.25, 0.3) is 11.6 Å². The van der Waals surface area contributed by atoms with Gasteiger partial charge in [-0.2, -0.15) is 0 Å². The molecule has 2 rings (SSSR count). The molecule has 0 unspecified atom stereocenters. The van der Waals surface area contributed by atoms with Crippen LogP contribution in [-0.2, 0) is 0 Å². The number of non-ortho nitro benzene ring substituents is 1. The van der Waals surface area contributed by atoms with Gasteiger partial charge < -0.3 is 5.32 Å². The van der Waals surface area contributed by atoms with Crippen LogP contribution < -0.4 is 5.32 Å². The molecule has 0 spiro atoms. The third-order valence-corrected chi connectivity index (χ3v) is 3.72. The molecule has 1 N–H and O–H groups in total. The van der Waals surface area contributed by atoms with E-state index >= 15 is 0 Å². The molecule has 0 saturated heterocycles. The Morgan fingerprint density at radius 1 is 1.42 bits per heavy atom. The van der Waals surface area contributed by atoms with Gasteiger partial charge in [-0.1, -0.05) is 24.6 Å². The second-order valence-corrected chi connectivity index (χ2v) is 6.30. The second kappa shape index (κ2) is 6.77. The van der Waals surface area contributed by atoms with E-state index in [0.717, 1.165) is 12.8 Å². The van der Waals surface area contributed by atoms with E-state index in [1.165, 1.54) is 16.8 Å². The summed E-state index contributed by atoms with van der Waals surface area (Å²) in [6, 6.07) is 6.04. The zero-order chi connectivity index (χ0) is 17.9. The van der Waals surface area contributed by atoms with Crippen molar-refractivity contribution in [3.05, 3.63) is 45.8 Å². The molecule has 24 heavy (non-hydrogen) atoms. The number of rotatable bonds is 6. The van der Waals surface area contributed by atoms with Crippen LogP contribution in [0.3, 0.4) is 0 Å². The molecular weight excluding hydrogens is 310 g/mol. The number of carbonyl (C=O) groups excluding carboxylic acids is 1. The Morgan fingerprint density at radius 3 is 2.75 bits per heavy atom. The summed E-state index contributed by atoms with van der Waals surface area (Å²) in [6.07, 6.45) is 1.80. The predicted octanol–water partition coefficient (Wildman–Crippen LogP) is 2.79. The van der Waals surface area contributed by atoms with Gasteiger partial charge in [0.2, 0.25) is 0 Å². The normalized spacial score (nSPS) is 11.3. The molecule has 0 aliphatic rings. The maximum Gasteiger partial charge on any atom is 0.274 e. The lowest BCUT2D eigenvalue weighted by Crippen LogP contribution is -2.43. The molecule has 8 heteroatoms. The third-order valence-electron chi connectivity index (χ3n) is 3.72. The zero-order valence-electron chi connectivity index (χ0n) is 14.2. The van der Waals surface area contributed by atoms with Crippen LogP contribution in [-0.4, -0.2) is 31.4 Å². The molecule has 2 aromatic rings. The molecule has 1 amide bonds. The lowest BCUT2D eigenvalue weighted by atomic mass is 9.99. The highest BCUT2D eigenvalue weighted by atomic mass is 16.6. The Kier molecular flexibility index (Phi) is 4.96. The number of amides is 1. The average molecular weight is 331 g/mol. The molecule has 1 aromatic carbocycles. The first-order valence-electron chi connectivity index (χ1n) is 7.75. The van der Waals surface area contributed by atoms with E-state index in [-0.39, 0.29) is 22.8 Å². The Labute approximate surface area is 140 Å². The lowest BCUT2D eigenvalue weighted by Gasteiger charge is -2.25. The average Bonchev–Trinajstić information content (AvgIpc) is 2.88. The van der Waals surface area contributed by atoms with E-state index in [1.54, 1.807) is 19.1 Å². The van der Waals surface area contributed by atoms with Crippen molar-refractivity contribution in [1.82, 2.24) is 20.3 Å². The van der Waals surface area contributed by atoms with Gasteiger partial charge in [0.05, 0.1) is 16.3 Å². The zero-order valence-corrected chi connectivity index (χ0v) is 14.2. The molecule has 1 aromatic heterocycles. The number of aromatic nitrogens is 3. The van der Waals surface area contributed by atoms with Gasteiger partial charge in [-0.15, -0.1) is 5.10 Å². The minimum Gasteiger partial charge on any atom is -0.346 e. The summed E-state index contributed by atoms with van der Waals surface area (Å²) in [5.74, 6) is -0.303. The largest absolute Gasteiger partial charge is 0.346 e. The van der Waals surface area contributed by atoms with Crippen LogP contribution in [0.15, 0.2) is 24.3 Å². The lowest BCUT2D eigenvalue weighted by molar-refractivity contribution is -0.384. The Morgan fingerprint density at radius 2 is 2.12 bits per heavy atom. The maximum absolute atomic E-state index is 12.4. The maximum atomic E-state index is 12.4. The number of benzene rings is 1. The summed E-state index contributed by atoms with van der Waals surface area (Å²) < 4.78 is 1.43. The molecule has 1 heterocycles. The number of nitrogens with zero attached hydrogens (tertiary/aromatic N) is 4. The van der Waals surface area contributed by atoms with Crippen molar-refractivity contribution < 1.29 is 9.72 Å². The predicted molar refractivity (Wildman–Crippen MR) is 89.2 cm³/mol. The third kappa shape index (κ3) is 3.76. The summed E-state index contributed by atoms with van der Waals surface area (Å²) >= 11 is 0. The Bertz CT molecular complexity index is 767. The van der Waals surface area contributed by atoms with Crippen molar-refractivity contribution in [1.29, 1.82) is 0 Å². The summed E-state index contributed by atoms with van der Waals surface area (Å²) in [6.45, 7) is 7.67. The summed E-state index contributed by atoms with van der Waals surface area (Å²) in [7, 11) is 0. The van der Waals surface area contributed by atoms with Crippen molar-refractivity contribution in [2.24, 2.45) is 0 Å². The molecule has 0 fully saturated rings. The standard InChI is InChI=1S/C16H21N5O3/c1-5-9-16(3,4)17-15(22)14-11(2)20(19-18-14)12-7-6-8-13(10-12)21(23)24/h6-8,10H,5,9H2,1-4H3,(H,17,22). The van der Waals surface area contributed by atoms with Crippen LogP contribution in [0.25, 0.3) is 5.69 Å². The van der Waals surface area contributed by atoms with Crippen molar-refractivity contribution in [2.45, 2.75) is 46.1 Å². The van der Waals surface area contributed by atoms with Crippen molar-refractivity contribution in [3.63, 3.8) is 0 Å². The smallest absolute Gasteiger partial charge is 0.274 e. The van der Waals surface area contributed by atoms with Gasteiger partial charge >= 0.3 is 0 Å². The topological polar surface area (TPSA) is 103 Å². The van der Waals surface area contributed by atoms with Crippen LogP contribution in [0, 0.1) is 17.0 Å². The van der Waals surface area contributed by atoms with Gasteiger partial charge in [-0.25, -0.2) is 4.68 Å². The molecule has 0 bridgehead atoms. The number of hydrogen-bond acceptors (Lipinski definition) is 5. The first-order valence-corrected chi connectivity index (χ1v) is 7.75. The van der Waals surface area contributed by atoms with Crippen molar-refractivity contribution in [3.8, 4) is 5.69 Å². The van der Waals surface area contributed by atoms with E-state index in [9.17, 15) is 14.9 Å². The molecule has 0 atom stereocenters. The van der Waals surface area contributed by atoms with Crippen LogP contribution in [0.4, 0.5) is 5.69 Å². The second-order valence-electron chi connectivity index (χ2n) is 6.30. The van der Waals surface area contributed by atoms with Gasteiger partial charge in [0.1, 0.15) is 0 Å². The molecule has 8 nitrogen and oxygen atoms in total. The quantitative estimate of drug-likeness (QED) is 0.647. The SMILES string of the molecule is CCCC(C)(C)NC(=O)c1nnn(-c2cccc([N+](=O)[O-])c2)c1C. The minimum atomic E-state index is -0.476. The molecule has 128 valence electrons. The van der Waals surface area contributed by atoms with Gasteiger partial charge in [0, 0.05) is 17.7 Å².